The molecule has 6 heteroatoms. The van der Waals surface area contributed by atoms with Crippen LogP contribution in [0.5, 0.6) is 5.75 Å². The number of nitrogens with one attached hydrogen (secondary N) is 2. The van der Waals surface area contributed by atoms with Crippen molar-refractivity contribution < 1.29 is 13.9 Å². The molecule has 0 aliphatic rings. The largest absolute Gasteiger partial charge is 0.497 e. The van der Waals surface area contributed by atoms with Crippen LogP contribution in [0, 0.1) is 5.82 Å². The van der Waals surface area contributed by atoms with E-state index in [2.05, 4.69) is 15.6 Å². The average Bonchev–Trinajstić information content (AvgIpc) is 2.70. The molecule has 138 valence electrons. The van der Waals surface area contributed by atoms with Crippen LogP contribution in [0.25, 0.3) is 0 Å². The molecular formula is C21H20FN3O2. The molecular weight excluding hydrogens is 345 g/mol. The average molecular weight is 365 g/mol. The lowest BCUT2D eigenvalue weighted by Gasteiger charge is -2.10. The van der Waals surface area contributed by atoms with Crippen molar-refractivity contribution in [2.45, 2.75) is 6.42 Å². The minimum absolute atomic E-state index is 0.219. The maximum absolute atomic E-state index is 13.6. The maximum atomic E-state index is 13.6. The number of anilines is 2. The number of hydrogen-bond acceptors (Lipinski definition) is 4. The van der Waals surface area contributed by atoms with Gasteiger partial charge in [0.2, 0.25) is 0 Å². The Morgan fingerprint density at radius 2 is 1.93 bits per heavy atom. The normalized spacial score (nSPS) is 10.3. The van der Waals surface area contributed by atoms with Crippen molar-refractivity contribution in [1.29, 1.82) is 0 Å². The molecule has 0 unspecified atom stereocenters. The minimum Gasteiger partial charge on any atom is -0.497 e. The third-order valence-corrected chi connectivity index (χ3v) is 4.01. The molecule has 2 N–H and O–H groups in total. The Kier molecular flexibility index (Phi) is 5.99. The summed E-state index contributed by atoms with van der Waals surface area (Å²) >= 11 is 0. The number of carbonyl (C=O) groups is 1. The van der Waals surface area contributed by atoms with Gasteiger partial charge in [0.25, 0.3) is 5.91 Å². The first kappa shape index (κ1) is 18.4. The number of pyridine rings is 1. The molecule has 5 nitrogen and oxygen atoms in total. The third kappa shape index (κ3) is 5.04. The zero-order valence-corrected chi connectivity index (χ0v) is 14.9. The number of methoxy groups -OCH3 is 1. The second-order valence-corrected chi connectivity index (χ2v) is 5.92. The predicted octanol–water partition coefficient (Wildman–Crippen LogP) is 4.14. The molecule has 1 amide bonds. The number of halogens is 1. The number of carbonyl (C=O) groups excluding carboxylic acids is 1. The molecule has 27 heavy (non-hydrogen) atoms. The first-order chi connectivity index (χ1) is 13.2. The van der Waals surface area contributed by atoms with Crippen LogP contribution in [0.1, 0.15) is 15.9 Å². The highest BCUT2D eigenvalue weighted by Gasteiger charge is 2.08. The number of rotatable bonds is 7. The van der Waals surface area contributed by atoms with E-state index in [4.69, 9.17) is 4.74 Å². The van der Waals surface area contributed by atoms with Gasteiger partial charge in [-0.25, -0.2) is 4.39 Å². The van der Waals surface area contributed by atoms with E-state index >= 15 is 0 Å². The summed E-state index contributed by atoms with van der Waals surface area (Å²) in [7, 11) is 1.57. The fraction of sp³-hybridized carbons (Fsp3) is 0.143. The molecule has 0 bridgehead atoms. The highest BCUT2D eigenvalue weighted by Crippen LogP contribution is 2.18. The van der Waals surface area contributed by atoms with Crippen molar-refractivity contribution in [2.24, 2.45) is 0 Å². The van der Waals surface area contributed by atoms with E-state index in [0.717, 1.165) is 0 Å². The monoisotopic (exact) mass is 365 g/mol. The first-order valence-corrected chi connectivity index (χ1v) is 8.53. The number of nitrogens with zero attached hydrogens (tertiary/aromatic N) is 1. The molecule has 0 saturated carbocycles. The van der Waals surface area contributed by atoms with Crippen molar-refractivity contribution in [3.63, 3.8) is 0 Å². The molecule has 0 spiro atoms. The van der Waals surface area contributed by atoms with E-state index in [-0.39, 0.29) is 11.7 Å². The van der Waals surface area contributed by atoms with Gasteiger partial charge in [0, 0.05) is 30.7 Å². The highest BCUT2D eigenvalue weighted by atomic mass is 19.1. The summed E-state index contributed by atoms with van der Waals surface area (Å²) in [4.78, 5) is 16.5. The van der Waals surface area contributed by atoms with Crippen molar-refractivity contribution in [2.75, 3.05) is 24.3 Å². The van der Waals surface area contributed by atoms with E-state index in [1.807, 2.05) is 6.07 Å². The van der Waals surface area contributed by atoms with Crippen LogP contribution in [-0.2, 0) is 6.42 Å². The van der Waals surface area contributed by atoms with E-state index in [0.29, 0.717) is 41.2 Å². The first-order valence-electron chi connectivity index (χ1n) is 8.53. The highest BCUT2D eigenvalue weighted by molar-refractivity contribution is 6.04. The third-order valence-electron chi connectivity index (χ3n) is 4.01. The van der Waals surface area contributed by atoms with Crippen molar-refractivity contribution in [3.8, 4) is 5.75 Å². The summed E-state index contributed by atoms with van der Waals surface area (Å²) in [6, 6.07) is 15.5. The second kappa shape index (κ2) is 8.80. The molecule has 1 heterocycles. The van der Waals surface area contributed by atoms with Crippen LogP contribution in [-0.4, -0.2) is 24.5 Å². The van der Waals surface area contributed by atoms with E-state index < -0.39 is 0 Å². The Hall–Kier alpha value is -3.41. The minimum atomic E-state index is -0.270. The van der Waals surface area contributed by atoms with Gasteiger partial charge in [-0.3, -0.25) is 9.78 Å². The lowest BCUT2D eigenvalue weighted by Crippen LogP contribution is -2.13. The SMILES string of the molecule is COc1cccc(NC(=O)c2cncc(NCCc3ccccc3F)c2)c1. The summed E-state index contributed by atoms with van der Waals surface area (Å²) in [6.45, 7) is 0.531. The van der Waals surface area contributed by atoms with Gasteiger partial charge in [-0.05, 0) is 36.2 Å². The smallest absolute Gasteiger partial charge is 0.257 e. The summed E-state index contributed by atoms with van der Waals surface area (Å²) < 4.78 is 18.8. The lowest BCUT2D eigenvalue weighted by molar-refractivity contribution is 0.102. The number of ether oxygens (including phenoxy) is 1. The van der Waals surface area contributed by atoms with Gasteiger partial charge in [-0.2, -0.15) is 0 Å². The van der Waals surface area contributed by atoms with Gasteiger partial charge in [-0.1, -0.05) is 24.3 Å². The fourth-order valence-electron chi connectivity index (χ4n) is 2.61. The van der Waals surface area contributed by atoms with Crippen molar-refractivity contribution >= 4 is 17.3 Å². The van der Waals surface area contributed by atoms with E-state index in [1.54, 1.807) is 55.8 Å². The van der Waals surface area contributed by atoms with Crippen LogP contribution >= 0.6 is 0 Å². The van der Waals surface area contributed by atoms with Crippen LogP contribution in [0.2, 0.25) is 0 Å². The standard InChI is InChI=1S/C21H20FN3O2/c1-27-19-7-4-6-17(12-19)25-21(26)16-11-18(14-23-13-16)24-10-9-15-5-2-3-8-20(15)22/h2-8,11-14,24H,9-10H2,1H3,(H,25,26). The van der Waals surface area contributed by atoms with E-state index in [9.17, 15) is 9.18 Å². The Morgan fingerprint density at radius 3 is 2.74 bits per heavy atom. The summed E-state index contributed by atoms with van der Waals surface area (Å²) in [6.07, 6.45) is 3.66. The Bertz CT molecular complexity index is 931. The van der Waals surface area contributed by atoms with E-state index in [1.165, 1.54) is 12.3 Å². The van der Waals surface area contributed by atoms with Gasteiger partial charge in [0.05, 0.1) is 18.4 Å². The van der Waals surface area contributed by atoms with Gasteiger partial charge < -0.3 is 15.4 Å². The molecule has 1 aromatic heterocycles. The zero-order chi connectivity index (χ0) is 19.1. The van der Waals surface area contributed by atoms with Gasteiger partial charge in [0.15, 0.2) is 0 Å². The molecule has 0 aliphatic carbocycles. The summed E-state index contributed by atoms with van der Waals surface area (Å²) in [5.41, 5.74) is 2.40. The Morgan fingerprint density at radius 1 is 1.07 bits per heavy atom. The quantitative estimate of drug-likeness (QED) is 0.661. The number of amides is 1. The van der Waals surface area contributed by atoms with Crippen LogP contribution < -0.4 is 15.4 Å². The van der Waals surface area contributed by atoms with Gasteiger partial charge in [-0.15, -0.1) is 0 Å². The second-order valence-electron chi connectivity index (χ2n) is 5.92. The Labute approximate surface area is 157 Å². The summed E-state index contributed by atoms with van der Waals surface area (Å²) in [5.74, 6) is 0.173. The van der Waals surface area contributed by atoms with Crippen LogP contribution in [0.15, 0.2) is 67.0 Å². The molecule has 3 rings (SSSR count). The number of hydrogen-bond donors (Lipinski definition) is 2. The molecule has 2 aromatic carbocycles. The van der Waals surface area contributed by atoms with Gasteiger partial charge >= 0.3 is 0 Å². The molecule has 0 fully saturated rings. The summed E-state index contributed by atoms with van der Waals surface area (Å²) in [5, 5.41) is 5.98. The van der Waals surface area contributed by atoms with Crippen LogP contribution in [0.4, 0.5) is 15.8 Å². The van der Waals surface area contributed by atoms with Crippen LogP contribution in [0.3, 0.4) is 0 Å². The number of benzene rings is 2. The van der Waals surface area contributed by atoms with Gasteiger partial charge in [0.1, 0.15) is 11.6 Å². The molecule has 3 aromatic rings. The Balaban J connectivity index is 1.60. The topological polar surface area (TPSA) is 63.2 Å². The molecule has 0 atom stereocenters. The maximum Gasteiger partial charge on any atom is 0.257 e. The fourth-order valence-corrected chi connectivity index (χ4v) is 2.61. The molecule has 0 saturated heterocycles. The predicted molar refractivity (Wildman–Crippen MR) is 104 cm³/mol. The van der Waals surface area contributed by atoms with Crippen molar-refractivity contribution in [1.82, 2.24) is 4.98 Å². The molecule has 0 radical (unpaired) electrons. The zero-order valence-electron chi connectivity index (χ0n) is 14.9. The lowest BCUT2D eigenvalue weighted by atomic mass is 10.1. The number of aromatic nitrogens is 1. The molecule has 0 aliphatic heterocycles. The van der Waals surface area contributed by atoms with Crippen molar-refractivity contribution in [3.05, 3.63) is 83.9 Å².